The van der Waals surface area contributed by atoms with Gasteiger partial charge in [-0.2, -0.15) is 5.26 Å². The van der Waals surface area contributed by atoms with Gasteiger partial charge in [0.2, 0.25) is 5.91 Å². The number of esters is 1. The van der Waals surface area contributed by atoms with E-state index in [0.29, 0.717) is 21.9 Å². The molecule has 0 unspecified atom stereocenters. The number of hydrogen-bond acceptors (Lipinski definition) is 7. The van der Waals surface area contributed by atoms with E-state index in [1.54, 1.807) is 38.4 Å². The Morgan fingerprint density at radius 1 is 1.44 bits per heavy atom. The van der Waals surface area contributed by atoms with Crippen LogP contribution in [0.5, 0.6) is 0 Å². The van der Waals surface area contributed by atoms with Crippen molar-refractivity contribution in [3.63, 3.8) is 0 Å². The quantitative estimate of drug-likeness (QED) is 0.741. The van der Waals surface area contributed by atoms with Crippen LogP contribution in [0.25, 0.3) is 0 Å². The normalized spacial score (nSPS) is 16.9. The fraction of sp³-hybridized carbons (Fsp3) is 0.294. The molecule has 1 aromatic heterocycles. The summed E-state index contributed by atoms with van der Waals surface area (Å²) in [7, 11) is 0. The van der Waals surface area contributed by atoms with Crippen molar-refractivity contribution in [1.82, 2.24) is 10.3 Å². The van der Waals surface area contributed by atoms with Gasteiger partial charge in [0.1, 0.15) is 0 Å². The summed E-state index contributed by atoms with van der Waals surface area (Å²) in [5, 5.41) is 13.3. The number of nitriles is 1. The van der Waals surface area contributed by atoms with Crippen LogP contribution < -0.4 is 11.1 Å². The van der Waals surface area contributed by atoms with E-state index in [1.165, 1.54) is 0 Å². The molecule has 1 atom stereocenters. The minimum Gasteiger partial charge on any atom is -0.463 e. The van der Waals surface area contributed by atoms with E-state index in [-0.39, 0.29) is 12.4 Å². The number of carbonyl (C=O) groups excluding carboxylic acids is 2. The van der Waals surface area contributed by atoms with Crippen LogP contribution >= 0.6 is 11.8 Å². The lowest BCUT2D eigenvalue weighted by atomic mass is 9.83. The molecular formula is C17H18N4O3S. The van der Waals surface area contributed by atoms with Crippen LogP contribution in [0.3, 0.4) is 0 Å². The number of dihydropyridines is 1. The molecule has 2 rings (SSSR count). The molecule has 0 fully saturated rings. The van der Waals surface area contributed by atoms with Crippen molar-refractivity contribution in [3.05, 3.63) is 52.0 Å². The number of thioether (sulfide) groups is 1. The topological polar surface area (TPSA) is 118 Å². The molecule has 0 aromatic carbocycles. The van der Waals surface area contributed by atoms with Crippen LogP contribution in [-0.4, -0.2) is 29.2 Å². The Bertz CT molecular complexity index is 781. The molecule has 0 saturated heterocycles. The van der Waals surface area contributed by atoms with E-state index in [9.17, 15) is 14.9 Å². The van der Waals surface area contributed by atoms with Gasteiger partial charge in [-0.3, -0.25) is 9.78 Å². The summed E-state index contributed by atoms with van der Waals surface area (Å²) >= 11 is 1.14. The summed E-state index contributed by atoms with van der Waals surface area (Å²) in [6, 6.07) is 5.65. The van der Waals surface area contributed by atoms with Gasteiger partial charge in [-0.05, 0) is 31.5 Å². The fourth-order valence-corrected chi connectivity index (χ4v) is 3.37. The zero-order valence-electron chi connectivity index (χ0n) is 13.9. The van der Waals surface area contributed by atoms with Gasteiger partial charge >= 0.3 is 5.97 Å². The molecule has 2 heterocycles. The molecule has 25 heavy (non-hydrogen) atoms. The fourth-order valence-electron chi connectivity index (χ4n) is 2.54. The van der Waals surface area contributed by atoms with E-state index in [1.807, 2.05) is 0 Å². The maximum Gasteiger partial charge on any atom is 0.336 e. The molecule has 0 radical (unpaired) electrons. The number of nitrogens with two attached hydrogens (primary N) is 1. The highest BCUT2D eigenvalue weighted by atomic mass is 32.2. The number of allylic oxidation sites excluding steroid dienone is 2. The van der Waals surface area contributed by atoms with Crippen LogP contribution in [0.4, 0.5) is 0 Å². The van der Waals surface area contributed by atoms with Gasteiger partial charge in [0.25, 0.3) is 0 Å². The molecule has 130 valence electrons. The van der Waals surface area contributed by atoms with E-state index in [2.05, 4.69) is 16.4 Å². The van der Waals surface area contributed by atoms with Gasteiger partial charge in [-0.1, -0.05) is 11.8 Å². The molecule has 0 aliphatic carbocycles. The molecule has 1 aliphatic heterocycles. The second-order valence-corrected chi connectivity index (χ2v) is 6.19. The van der Waals surface area contributed by atoms with Crippen LogP contribution in [0.15, 0.2) is 46.4 Å². The third-order valence-corrected chi connectivity index (χ3v) is 4.58. The van der Waals surface area contributed by atoms with Gasteiger partial charge < -0.3 is 15.8 Å². The Balaban J connectivity index is 2.55. The number of amides is 1. The average Bonchev–Trinajstić information content (AvgIpc) is 2.60. The Labute approximate surface area is 149 Å². The third-order valence-electron chi connectivity index (χ3n) is 3.54. The first kappa shape index (κ1) is 18.5. The highest BCUT2D eigenvalue weighted by Gasteiger charge is 2.35. The number of primary amides is 1. The number of aromatic nitrogens is 1. The van der Waals surface area contributed by atoms with E-state index in [4.69, 9.17) is 10.5 Å². The lowest BCUT2D eigenvalue weighted by Gasteiger charge is -2.29. The summed E-state index contributed by atoms with van der Waals surface area (Å²) in [6.07, 6.45) is 3.20. The summed E-state index contributed by atoms with van der Waals surface area (Å²) in [6.45, 7) is 3.69. The predicted octanol–water partition coefficient (Wildman–Crippen LogP) is 1.56. The maximum atomic E-state index is 12.5. The van der Waals surface area contributed by atoms with Crippen molar-refractivity contribution < 1.29 is 14.3 Å². The number of rotatable bonds is 6. The monoisotopic (exact) mass is 358 g/mol. The lowest BCUT2D eigenvalue weighted by molar-refractivity contribution is -0.138. The number of nitrogens with zero attached hydrogens (tertiary/aromatic N) is 2. The zero-order valence-corrected chi connectivity index (χ0v) is 14.7. The first-order chi connectivity index (χ1) is 12.0. The van der Waals surface area contributed by atoms with Crippen molar-refractivity contribution in [3.8, 4) is 6.07 Å². The molecule has 0 saturated carbocycles. The Morgan fingerprint density at radius 2 is 2.12 bits per heavy atom. The zero-order chi connectivity index (χ0) is 18.4. The van der Waals surface area contributed by atoms with E-state index in [0.717, 1.165) is 17.3 Å². The number of hydrogen-bond donors (Lipinski definition) is 2. The molecule has 0 bridgehead atoms. The Kier molecular flexibility index (Phi) is 6.19. The minimum absolute atomic E-state index is 0.0264. The molecule has 7 nitrogen and oxygen atoms in total. The maximum absolute atomic E-state index is 12.5. The van der Waals surface area contributed by atoms with Gasteiger partial charge in [0, 0.05) is 18.1 Å². The van der Waals surface area contributed by atoms with E-state index >= 15 is 0 Å². The van der Waals surface area contributed by atoms with Gasteiger partial charge in [-0.25, -0.2) is 4.79 Å². The van der Waals surface area contributed by atoms with Gasteiger partial charge in [0.05, 0.1) is 40.5 Å². The molecule has 0 spiro atoms. The highest BCUT2D eigenvalue weighted by Crippen LogP contribution is 2.40. The number of nitrogens with one attached hydrogen (secondary N) is 1. The Morgan fingerprint density at radius 3 is 2.68 bits per heavy atom. The van der Waals surface area contributed by atoms with Crippen molar-refractivity contribution in [2.45, 2.75) is 19.8 Å². The summed E-state index contributed by atoms with van der Waals surface area (Å²) in [4.78, 5) is 27.6. The smallest absolute Gasteiger partial charge is 0.336 e. The third kappa shape index (κ3) is 4.19. The summed E-state index contributed by atoms with van der Waals surface area (Å²) in [5.41, 5.74) is 7.23. The number of ether oxygens (including phenoxy) is 1. The molecule has 8 heteroatoms. The predicted molar refractivity (Wildman–Crippen MR) is 93.7 cm³/mol. The standard InChI is InChI=1S/C17H18N4O3S/c1-3-24-17(23)14-10(2)21-16(25-9-13(19)22)12(8-18)15(14)11-4-6-20-7-5-11/h4-7,15,21H,3,9H2,1-2H3,(H2,19,22)/t15-/m1/s1. The second kappa shape index (κ2) is 8.35. The van der Waals surface area contributed by atoms with E-state index < -0.39 is 17.8 Å². The van der Waals surface area contributed by atoms with Crippen molar-refractivity contribution in [2.24, 2.45) is 5.73 Å². The van der Waals surface area contributed by atoms with Crippen LogP contribution in [0.1, 0.15) is 25.3 Å². The first-order valence-corrected chi connectivity index (χ1v) is 8.58. The first-order valence-electron chi connectivity index (χ1n) is 7.59. The van der Waals surface area contributed by atoms with Crippen LogP contribution in [0, 0.1) is 11.3 Å². The van der Waals surface area contributed by atoms with Gasteiger partial charge in [0.15, 0.2) is 0 Å². The second-order valence-electron chi connectivity index (χ2n) is 5.21. The van der Waals surface area contributed by atoms with Crippen molar-refractivity contribution in [1.29, 1.82) is 5.26 Å². The largest absolute Gasteiger partial charge is 0.463 e. The number of pyridine rings is 1. The van der Waals surface area contributed by atoms with Gasteiger partial charge in [-0.15, -0.1) is 0 Å². The summed E-state index contributed by atoms with van der Waals surface area (Å²) < 4.78 is 5.16. The average molecular weight is 358 g/mol. The van der Waals surface area contributed by atoms with Crippen molar-refractivity contribution >= 4 is 23.6 Å². The molecular weight excluding hydrogens is 340 g/mol. The molecule has 3 N–H and O–H groups in total. The summed E-state index contributed by atoms with van der Waals surface area (Å²) in [5.74, 6) is -1.54. The highest BCUT2D eigenvalue weighted by molar-refractivity contribution is 8.03. The molecule has 1 aromatic rings. The SMILES string of the molecule is CCOC(=O)C1=C(C)NC(SCC(N)=O)=C(C#N)[C@H]1c1ccncc1. The lowest BCUT2D eigenvalue weighted by Crippen LogP contribution is -2.29. The number of carbonyl (C=O) groups is 2. The molecule has 1 aliphatic rings. The molecule has 1 amide bonds. The Hall–Kier alpha value is -2.79. The van der Waals surface area contributed by atoms with Crippen molar-refractivity contribution in [2.75, 3.05) is 12.4 Å². The minimum atomic E-state index is -0.594. The van der Waals surface area contributed by atoms with Crippen LogP contribution in [-0.2, 0) is 14.3 Å². The van der Waals surface area contributed by atoms with Crippen LogP contribution in [0.2, 0.25) is 0 Å².